The second kappa shape index (κ2) is 14.5. The molecule has 0 radical (unpaired) electrons. The topological polar surface area (TPSA) is 77.0 Å². The van der Waals surface area contributed by atoms with Crippen LogP contribution in [0.1, 0.15) is 97.1 Å². The van der Waals surface area contributed by atoms with E-state index in [1.165, 1.54) is 19.3 Å². The van der Waals surface area contributed by atoms with Crippen LogP contribution in [0.25, 0.3) is 0 Å². The van der Waals surface area contributed by atoms with Gasteiger partial charge in [0.15, 0.2) is 11.5 Å². The van der Waals surface area contributed by atoms with Crippen molar-refractivity contribution in [2.45, 2.75) is 104 Å². The Hall–Kier alpha value is -1.79. The van der Waals surface area contributed by atoms with Gasteiger partial charge in [-0.2, -0.15) is 0 Å². The summed E-state index contributed by atoms with van der Waals surface area (Å²) in [5.41, 5.74) is 0.751. The molecule has 1 fully saturated rings. The standard InChI is InChI=1S/C26H41NO5.CH4/c1-3-5-6-7-8-9-25(28)27-22(17-19-15-21(16-19)30-12-4-2)26(29)20-10-11-23-24(18-20)32-14-13-31-23;/h10-11,18-19,21-22,26,29H,3-9,12-17H2,1-2H3,(H,27,28);1H4/t19?,21?,22-,26-;/m1./s1. The molecule has 2 atom stereocenters. The fourth-order valence-electron chi connectivity index (χ4n) is 4.56. The van der Waals surface area contributed by atoms with Crippen LogP contribution in [0.3, 0.4) is 0 Å². The Morgan fingerprint density at radius 3 is 2.55 bits per heavy atom. The van der Waals surface area contributed by atoms with E-state index in [9.17, 15) is 9.90 Å². The van der Waals surface area contributed by atoms with Gasteiger partial charge >= 0.3 is 0 Å². The zero-order valence-electron chi connectivity index (χ0n) is 19.8. The normalized spacial score (nSPS) is 20.8. The molecule has 2 N–H and O–H groups in total. The number of carbonyl (C=O) groups excluding carboxylic acids is 1. The number of rotatable bonds is 14. The van der Waals surface area contributed by atoms with E-state index in [0.717, 1.165) is 50.7 Å². The highest BCUT2D eigenvalue weighted by Crippen LogP contribution is 2.38. The van der Waals surface area contributed by atoms with Crippen LogP contribution in [0.15, 0.2) is 18.2 Å². The summed E-state index contributed by atoms with van der Waals surface area (Å²) in [7, 11) is 0. The summed E-state index contributed by atoms with van der Waals surface area (Å²) in [5, 5.41) is 14.3. The summed E-state index contributed by atoms with van der Waals surface area (Å²) in [5.74, 6) is 1.85. The predicted octanol–water partition coefficient (Wildman–Crippen LogP) is 5.57. The smallest absolute Gasteiger partial charge is 0.220 e. The molecular formula is C27H45NO5. The molecule has 1 heterocycles. The molecule has 33 heavy (non-hydrogen) atoms. The number of unbranched alkanes of at least 4 members (excludes halogenated alkanes) is 4. The molecule has 0 bridgehead atoms. The van der Waals surface area contributed by atoms with Crippen molar-refractivity contribution < 1.29 is 24.1 Å². The minimum atomic E-state index is -0.787. The molecule has 2 aliphatic rings. The van der Waals surface area contributed by atoms with Gasteiger partial charge in [-0.1, -0.05) is 53.0 Å². The van der Waals surface area contributed by atoms with Gasteiger partial charge in [0.2, 0.25) is 5.91 Å². The molecule has 0 unspecified atom stereocenters. The summed E-state index contributed by atoms with van der Waals surface area (Å²) in [6.07, 6.45) is 9.39. The fraction of sp³-hybridized carbons (Fsp3) is 0.741. The van der Waals surface area contributed by atoms with Gasteiger partial charge in [0.05, 0.1) is 18.2 Å². The molecule has 1 aromatic carbocycles. The Balaban J connectivity index is 0.00000385. The molecule has 1 aromatic rings. The van der Waals surface area contributed by atoms with E-state index in [4.69, 9.17) is 14.2 Å². The van der Waals surface area contributed by atoms with E-state index >= 15 is 0 Å². The number of fused-ring (bicyclic) bond motifs is 1. The van der Waals surface area contributed by atoms with E-state index in [2.05, 4.69) is 19.2 Å². The number of carbonyl (C=O) groups is 1. The molecule has 6 nitrogen and oxygen atoms in total. The van der Waals surface area contributed by atoms with Crippen molar-refractivity contribution >= 4 is 5.91 Å². The van der Waals surface area contributed by atoms with Crippen LogP contribution in [-0.4, -0.2) is 43.0 Å². The first-order valence-corrected chi connectivity index (χ1v) is 12.6. The number of aliphatic hydroxyl groups excluding tert-OH is 1. The van der Waals surface area contributed by atoms with Crippen LogP contribution in [-0.2, 0) is 9.53 Å². The first-order valence-electron chi connectivity index (χ1n) is 12.6. The minimum Gasteiger partial charge on any atom is -0.486 e. The first-order chi connectivity index (χ1) is 15.6. The second-order valence-electron chi connectivity index (χ2n) is 9.25. The number of aliphatic hydroxyl groups is 1. The quantitative estimate of drug-likeness (QED) is 0.353. The predicted molar refractivity (Wildman–Crippen MR) is 132 cm³/mol. The molecule has 1 aliphatic heterocycles. The molecule has 188 valence electrons. The molecule has 0 saturated heterocycles. The molecule has 6 heteroatoms. The third-order valence-corrected chi connectivity index (χ3v) is 6.48. The summed E-state index contributed by atoms with van der Waals surface area (Å²) < 4.78 is 17.1. The lowest BCUT2D eigenvalue weighted by Crippen LogP contribution is -2.43. The molecule has 0 spiro atoms. The third kappa shape index (κ3) is 8.49. The maximum atomic E-state index is 12.7. The van der Waals surface area contributed by atoms with Gasteiger partial charge in [-0.15, -0.1) is 0 Å². The van der Waals surface area contributed by atoms with Crippen LogP contribution in [0.4, 0.5) is 0 Å². The van der Waals surface area contributed by atoms with E-state index in [1.54, 1.807) is 0 Å². The van der Waals surface area contributed by atoms with Crippen LogP contribution in [0, 0.1) is 5.92 Å². The highest BCUT2D eigenvalue weighted by atomic mass is 16.6. The maximum Gasteiger partial charge on any atom is 0.220 e. The van der Waals surface area contributed by atoms with Crippen molar-refractivity contribution in [3.8, 4) is 11.5 Å². The summed E-state index contributed by atoms with van der Waals surface area (Å²) in [4.78, 5) is 12.7. The Morgan fingerprint density at radius 1 is 1.09 bits per heavy atom. The number of nitrogens with one attached hydrogen (secondary N) is 1. The summed E-state index contributed by atoms with van der Waals surface area (Å²) in [6, 6.07) is 5.24. The monoisotopic (exact) mass is 463 g/mol. The zero-order chi connectivity index (χ0) is 22.8. The number of ether oxygens (including phenoxy) is 3. The highest BCUT2D eigenvalue weighted by molar-refractivity contribution is 5.76. The number of hydrogen-bond donors (Lipinski definition) is 2. The van der Waals surface area contributed by atoms with E-state index < -0.39 is 6.10 Å². The fourth-order valence-corrected chi connectivity index (χ4v) is 4.56. The van der Waals surface area contributed by atoms with Crippen molar-refractivity contribution in [3.05, 3.63) is 23.8 Å². The average Bonchev–Trinajstić information content (AvgIpc) is 2.78. The lowest BCUT2D eigenvalue weighted by atomic mass is 9.77. The van der Waals surface area contributed by atoms with Gasteiger partial charge in [-0.3, -0.25) is 4.79 Å². The molecule has 0 aromatic heterocycles. The molecule has 1 aliphatic carbocycles. The molecule has 1 saturated carbocycles. The third-order valence-electron chi connectivity index (χ3n) is 6.48. The van der Waals surface area contributed by atoms with E-state index in [-0.39, 0.29) is 19.4 Å². The molecular weight excluding hydrogens is 418 g/mol. The van der Waals surface area contributed by atoms with Gasteiger partial charge in [-0.05, 0) is 55.7 Å². The average molecular weight is 464 g/mol. The van der Waals surface area contributed by atoms with Crippen molar-refractivity contribution in [2.24, 2.45) is 5.92 Å². The Bertz CT molecular complexity index is 704. The summed E-state index contributed by atoms with van der Waals surface area (Å²) in [6.45, 7) is 6.15. The minimum absolute atomic E-state index is 0. The van der Waals surface area contributed by atoms with Gasteiger partial charge in [0.25, 0.3) is 0 Å². The lowest BCUT2D eigenvalue weighted by Gasteiger charge is -2.38. The highest BCUT2D eigenvalue weighted by Gasteiger charge is 2.34. The van der Waals surface area contributed by atoms with Crippen molar-refractivity contribution in [3.63, 3.8) is 0 Å². The Kier molecular flexibility index (Phi) is 12.0. The van der Waals surface area contributed by atoms with E-state index in [1.807, 2.05) is 18.2 Å². The van der Waals surface area contributed by atoms with Gasteiger partial charge in [0, 0.05) is 13.0 Å². The van der Waals surface area contributed by atoms with Gasteiger partial charge < -0.3 is 24.6 Å². The number of benzene rings is 1. The summed E-state index contributed by atoms with van der Waals surface area (Å²) >= 11 is 0. The molecule has 1 amide bonds. The molecule has 3 rings (SSSR count). The van der Waals surface area contributed by atoms with Crippen molar-refractivity contribution in [2.75, 3.05) is 19.8 Å². The Labute approximate surface area is 200 Å². The van der Waals surface area contributed by atoms with Gasteiger partial charge in [0.1, 0.15) is 13.2 Å². The second-order valence-corrected chi connectivity index (χ2v) is 9.25. The first kappa shape index (κ1) is 27.5. The number of amides is 1. The SMILES string of the molecule is C.CCCCCCCC(=O)N[C@H](CC1CC(OCCC)C1)[C@H](O)c1ccc2c(c1)OCCO2. The van der Waals surface area contributed by atoms with Gasteiger partial charge in [-0.25, -0.2) is 0 Å². The Morgan fingerprint density at radius 2 is 1.82 bits per heavy atom. The van der Waals surface area contributed by atoms with Crippen molar-refractivity contribution in [1.82, 2.24) is 5.32 Å². The van der Waals surface area contributed by atoms with Crippen LogP contribution >= 0.6 is 0 Å². The van der Waals surface area contributed by atoms with E-state index in [0.29, 0.717) is 43.2 Å². The number of hydrogen-bond acceptors (Lipinski definition) is 5. The van der Waals surface area contributed by atoms with Crippen LogP contribution in [0.5, 0.6) is 11.5 Å². The van der Waals surface area contributed by atoms with Crippen molar-refractivity contribution in [1.29, 1.82) is 0 Å². The van der Waals surface area contributed by atoms with Crippen LogP contribution in [0.2, 0.25) is 0 Å². The maximum absolute atomic E-state index is 12.7. The van der Waals surface area contributed by atoms with Crippen LogP contribution < -0.4 is 14.8 Å². The lowest BCUT2D eigenvalue weighted by molar-refractivity contribution is -0.123. The zero-order valence-corrected chi connectivity index (χ0v) is 19.8. The largest absolute Gasteiger partial charge is 0.486 e.